The predicted octanol–water partition coefficient (Wildman–Crippen LogP) is 1.32. The molecular formula is C17H22N4O4. The normalized spacial score (nSPS) is 11.8. The third-order valence-electron chi connectivity index (χ3n) is 3.81. The summed E-state index contributed by atoms with van der Waals surface area (Å²) in [7, 11) is 3.36. The van der Waals surface area contributed by atoms with Crippen LogP contribution in [-0.2, 0) is 17.8 Å². The van der Waals surface area contributed by atoms with E-state index < -0.39 is 5.97 Å². The molecule has 1 aromatic carbocycles. The first-order valence-corrected chi connectivity index (χ1v) is 7.89. The van der Waals surface area contributed by atoms with Gasteiger partial charge in [0.15, 0.2) is 5.69 Å². The van der Waals surface area contributed by atoms with Crippen LogP contribution in [0.5, 0.6) is 5.75 Å². The number of aromatic carboxylic acids is 1. The fourth-order valence-electron chi connectivity index (χ4n) is 2.53. The lowest BCUT2D eigenvalue weighted by atomic mass is 10.0. The number of benzene rings is 1. The van der Waals surface area contributed by atoms with Gasteiger partial charge >= 0.3 is 5.97 Å². The van der Waals surface area contributed by atoms with Gasteiger partial charge in [0, 0.05) is 13.6 Å². The number of ether oxygens (including phenoxy) is 1. The highest BCUT2D eigenvalue weighted by molar-refractivity contribution is 5.84. The summed E-state index contributed by atoms with van der Waals surface area (Å²) < 4.78 is 6.37. The van der Waals surface area contributed by atoms with E-state index in [9.17, 15) is 9.59 Å². The highest BCUT2D eigenvalue weighted by Gasteiger charge is 2.16. The molecule has 2 aromatic rings. The zero-order valence-corrected chi connectivity index (χ0v) is 14.5. The van der Waals surface area contributed by atoms with Crippen LogP contribution in [0.1, 0.15) is 23.0 Å². The van der Waals surface area contributed by atoms with Crippen LogP contribution in [0.4, 0.5) is 0 Å². The molecule has 0 aliphatic carbocycles. The molecule has 1 N–H and O–H groups in total. The van der Waals surface area contributed by atoms with Gasteiger partial charge in [-0.3, -0.25) is 4.79 Å². The number of rotatable bonds is 8. The fourth-order valence-corrected chi connectivity index (χ4v) is 2.53. The molecule has 1 unspecified atom stereocenters. The lowest BCUT2D eigenvalue weighted by Gasteiger charge is -2.21. The van der Waals surface area contributed by atoms with Crippen molar-refractivity contribution < 1.29 is 19.4 Å². The van der Waals surface area contributed by atoms with Crippen molar-refractivity contribution in [2.24, 2.45) is 5.92 Å². The Hall–Kier alpha value is -2.90. The SMILES string of the molecule is COc1ccc(CC(C)CN(C)C(=O)Cn2cc(C(=O)O)nn2)cc1. The van der Waals surface area contributed by atoms with Crippen LogP contribution in [0.25, 0.3) is 0 Å². The summed E-state index contributed by atoms with van der Waals surface area (Å²) in [6.07, 6.45) is 2.09. The average molecular weight is 346 g/mol. The number of aromatic nitrogens is 3. The summed E-state index contributed by atoms with van der Waals surface area (Å²) in [5, 5.41) is 16.0. The Bertz CT molecular complexity index is 727. The molecule has 1 atom stereocenters. The zero-order valence-electron chi connectivity index (χ0n) is 14.5. The Morgan fingerprint density at radius 1 is 1.32 bits per heavy atom. The molecule has 0 bridgehead atoms. The van der Waals surface area contributed by atoms with Crippen molar-refractivity contribution in [2.75, 3.05) is 20.7 Å². The number of hydrogen-bond acceptors (Lipinski definition) is 5. The molecule has 0 aliphatic heterocycles. The molecule has 8 nitrogen and oxygen atoms in total. The Balaban J connectivity index is 1.85. The number of carboxylic acids is 1. The van der Waals surface area contributed by atoms with Crippen LogP contribution >= 0.6 is 0 Å². The van der Waals surface area contributed by atoms with E-state index in [0.29, 0.717) is 6.54 Å². The van der Waals surface area contributed by atoms with Gasteiger partial charge in [-0.25, -0.2) is 9.48 Å². The van der Waals surface area contributed by atoms with Crippen molar-refractivity contribution in [1.82, 2.24) is 19.9 Å². The summed E-state index contributed by atoms with van der Waals surface area (Å²) in [4.78, 5) is 24.6. The van der Waals surface area contributed by atoms with Gasteiger partial charge in [-0.05, 0) is 30.0 Å². The van der Waals surface area contributed by atoms with Gasteiger partial charge in [-0.15, -0.1) is 5.10 Å². The second-order valence-corrected chi connectivity index (χ2v) is 6.04. The van der Waals surface area contributed by atoms with Gasteiger partial charge in [0.1, 0.15) is 12.3 Å². The van der Waals surface area contributed by atoms with E-state index in [1.54, 1.807) is 19.1 Å². The number of hydrogen-bond donors (Lipinski definition) is 1. The van der Waals surface area contributed by atoms with Crippen LogP contribution in [0.15, 0.2) is 30.5 Å². The summed E-state index contributed by atoms with van der Waals surface area (Å²) in [6.45, 7) is 2.63. The zero-order chi connectivity index (χ0) is 18.4. The first-order valence-electron chi connectivity index (χ1n) is 7.89. The minimum atomic E-state index is -1.17. The highest BCUT2D eigenvalue weighted by atomic mass is 16.5. The smallest absolute Gasteiger partial charge is 0.358 e. The molecule has 1 aromatic heterocycles. The van der Waals surface area contributed by atoms with E-state index in [1.807, 2.05) is 24.3 Å². The third kappa shape index (κ3) is 5.30. The van der Waals surface area contributed by atoms with E-state index in [4.69, 9.17) is 9.84 Å². The van der Waals surface area contributed by atoms with Crippen LogP contribution in [0, 0.1) is 5.92 Å². The van der Waals surface area contributed by atoms with Gasteiger partial charge in [0.05, 0.1) is 13.3 Å². The Kier molecular flexibility index (Phi) is 6.10. The van der Waals surface area contributed by atoms with E-state index in [-0.39, 0.29) is 24.1 Å². The fraction of sp³-hybridized carbons (Fsp3) is 0.412. The van der Waals surface area contributed by atoms with E-state index in [1.165, 1.54) is 16.4 Å². The molecule has 0 fully saturated rings. The van der Waals surface area contributed by atoms with Gasteiger partial charge < -0.3 is 14.7 Å². The maximum atomic E-state index is 12.2. The van der Waals surface area contributed by atoms with E-state index in [0.717, 1.165) is 12.2 Å². The third-order valence-corrected chi connectivity index (χ3v) is 3.81. The van der Waals surface area contributed by atoms with Crippen molar-refractivity contribution in [3.05, 3.63) is 41.7 Å². The molecule has 134 valence electrons. The second kappa shape index (κ2) is 8.27. The Labute approximate surface area is 146 Å². The molecule has 0 saturated carbocycles. The Morgan fingerprint density at radius 2 is 2.00 bits per heavy atom. The molecule has 1 amide bonds. The molecule has 25 heavy (non-hydrogen) atoms. The highest BCUT2D eigenvalue weighted by Crippen LogP contribution is 2.15. The first kappa shape index (κ1) is 18.4. The molecular weight excluding hydrogens is 324 g/mol. The topological polar surface area (TPSA) is 97.5 Å². The molecule has 0 saturated heterocycles. The second-order valence-electron chi connectivity index (χ2n) is 6.04. The first-order chi connectivity index (χ1) is 11.9. The van der Waals surface area contributed by atoms with Crippen molar-refractivity contribution in [1.29, 1.82) is 0 Å². The van der Waals surface area contributed by atoms with Crippen LogP contribution in [0.3, 0.4) is 0 Å². The molecule has 8 heteroatoms. The lowest BCUT2D eigenvalue weighted by Crippen LogP contribution is -2.34. The lowest BCUT2D eigenvalue weighted by molar-refractivity contribution is -0.131. The van der Waals surface area contributed by atoms with Crippen molar-refractivity contribution in [3.8, 4) is 5.75 Å². The number of carboxylic acid groups (broad SMARTS) is 1. The van der Waals surface area contributed by atoms with Crippen LogP contribution < -0.4 is 4.74 Å². The summed E-state index contributed by atoms with van der Waals surface area (Å²) in [5.41, 5.74) is 1.000. The van der Waals surface area contributed by atoms with Crippen LogP contribution in [0.2, 0.25) is 0 Å². The molecule has 0 aliphatic rings. The summed E-state index contributed by atoms with van der Waals surface area (Å²) in [6, 6.07) is 7.86. The number of carbonyl (C=O) groups is 2. The molecule has 0 radical (unpaired) electrons. The maximum absolute atomic E-state index is 12.2. The minimum absolute atomic E-state index is 0.0357. The number of likely N-dealkylation sites (N-methyl/N-ethyl adjacent to an activating group) is 1. The Morgan fingerprint density at radius 3 is 2.56 bits per heavy atom. The predicted molar refractivity (Wildman–Crippen MR) is 90.5 cm³/mol. The number of amides is 1. The number of methoxy groups -OCH3 is 1. The van der Waals surface area contributed by atoms with Gasteiger partial charge in [-0.1, -0.05) is 24.3 Å². The van der Waals surface area contributed by atoms with E-state index >= 15 is 0 Å². The van der Waals surface area contributed by atoms with Crippen molar-refractivity contribution >= 4 is 11.9 Å². The quantitative estimate of drug-likeness (QED) is 0.774. The standard InChI is InChI=1S/C17H22N4O4/c1-12(8-13-4-6-14(25-3)7-5-13)9-20(2)16(22)11-21-10-15(17(23)24)18-19-21/h4-7,10,12H,8-9,11H2,1-3H3,(H,23,24). The maximum Gasteiger partial charge on any atom is 0.358 e. The van der Waals surface area contributed by atoms with Crippen molar-refractivity contribution in [3.63, 3.8) is 0 Å². The van der Waals surface area contributed by atoms with Gasteiger partial charge in [0.25, 0.3) is 0 Å². The van der Waals surface area contributed by atoms with Gasteiger partial charge in [-0.2, -0.15) is 0 Å². The minimum Gasteiger partial charge on any atom is -0.497 e. The monoisotopic (exact) mass is 346 g/mol. The van der Waals surface area contributed by atoms with Gasteiger partial charge in [0.2, 0.25) is 5.91 Å². The molecule has 2 rings (SSSR count). The number of carbonyl (C=O) groups excluding carboxylic acids is 1. The van der Waals surface area contributed by atoms with Crippen LogP contribution in [-0.4, -0.2) is 57.6 Å². The average Bonchev–Trinajstić information content (AvgIpc) is 3.04. The largest absolute Gasteiger partial charge is 0.497 e. The van der Waals surface area contributed by atoms with E-state index in [2.05, 4.69) is 17.2 Å². The van der Waals surface area contributed by atoms with Crippen molar-refractivity contribution in [2.45, 2.75) is 19.9 Å². The number of nitrogens with zero attached hydrogens (tertiary/aromatic N) is 4. The summed E-state index contributed by atoms with van der Waals surface area (Å²) in [5.74, 6) is -0.228. The summed E-state index contributed by atoms with van der Waals surface area (Å²) >= 11 is 0. The molecule has 1 heterocycles. The molecule has 0 spiro atoms.